The third kappa shape index (κ3) is 6.20. The molecule has 0 aliphatic carbocycles. The highest BCUT2D eigenvalue weighted by atomic mass is 32.2. The Bertz CT molecular complexity index is 1080. The monoisotopic (exact) mass is 495 g/mol. The van der Waals surface area contributed by atoms with Crippen molar-refractivity contribution in [1.82, 2.24) is 5.32 Å². The number of benzene rings is 2. The van der Waals surface area contributed by atoms with Gasteiger partial charge in [0.2, 0.25) is 0 Å². The van der Waals surface area contributed by atoms with Crippen LogP contribution in [0.25, 0.3) is 0 Å². The molecule has 2 unspecified atom stereocenters. The van der Waals surface area contributed by atoms with E-state index in [9.17, 15) is 34.8 Å². The first-order chi connectivity index (χ1) is 15.2. The molecule has 1 fully saturated rings. The summed E-state index contributed by atoms with van der Waals surface area (Å²) in [5.74, 6) is -0.288. The largest absolute Gasteiger partial charge is 0.481 e. The molecule has 0 bridgehead atoms. The van der Waals surface area contributed by atoms with Crippen LogP contribution in [0.1, 0.15) is 36.1 Å². The zero-order chi connectivity index (χ0) is 24.6. The molecule has 0 aromatic heterocycles. The van der Waals surface area contributed by atoms with Gasteiger partial charge in [-0.2, -0.15) is 26.3 Å². The highest BCUT2D eigenvalue weighted by molar-refractivity contribution is 7.90. The van der Waals surface area contributed by atoms with Crippen molar-refractivity contribution in [3.05, 3.63) is 59.2 Å². The van der Waals surface area contributed by atoms with Crippen LogP contribution >= 0.6 is 0 Å². The van der Waals surface area contributed by atoms with Crippen molar-refractivity contribution in [1.29, 1.82) is 0 Å². The summed E-state index contributed by atoms with van der Waals surface area (Å²) in [6, 6.07) is 7.87. The number of sulfone groups is 1. The second kappa shape index (κ2) is 9.17. The molecule has 3 rings (SSSR count). The fourth-order valence-corrected chi connectivity index (χ4v) is 4.50. The normalized spacial score (nSPS) is 20.6. The quantitative estimate of drug-likeness (QED) is 0.551. The Morgan fingerprint density at radius 1 is 1.06 bits per heavy atom. The second-order valence-electron chi connectivity index (χ2n) is 8.15. The predicted molar refractivity (Wildman–Crippen MR) is 110 cm³/mol. The van der Waals surface area contributed by atoms with E-state index in [-0.39, 0.29) is 22.1 Å². The summed E-state index contributed by atoms with van der Waals surface area (Å²) in [6.45, 7) is 1.36. The minimum absolute atomic E-state index is 0.0634. The minimum Gasteiger partial charge on any atom is -0.481 e. The molecule has 1 heterocycles. The lowest BCUT2D eigenvalue weighted by Crippen LogP contribution is -2.32. The summed E-state index contributed by atoms with van der Waals surface area (Å²) >= 11 is 0. The van der Waals surface area contributed by atoms with E-state index in [1.807, 2.05) is 0 Å². The van der Waals surface area contributed by atoms with Gasteiger partial charge in [-0.3, -0.25) is 0 Å². The van der Waals surface area contributed by atoms with Gasteiger partial charge in [-0.1, -0.05) is 12.1 Å². The Kier molecular flexibility index (Phi) is 7.05. The third-order valence-corrected chi connectivity index (χ3v) is 6.75. The molecule has 0 saturated carbocycles. The molecule has 3 atom stereocenters. The summed E-state index contributed by atoms with van der Waals surface area (Å²) < 4.78 is 107. The van der Waals surface area contributed by atoms with Gasteiger partial charge in [-0.05, 0) is 68.1 Å². The van der Waals surface area contributed by atoms with E-state index in [0.717, 1.165) is 25.3 Å². The Morgan fingerprint density at radius 2 is 1.70 bits per heavy atom. The van der Waals surface area contributed by atoms with E-state index in [4.69, 9.17) is 4.74 Å². The van der Waals surface area contributed by atoms with Crippen LogP contribution in [-0.4, -0.2) is 33.5 Å². The smallest absolute Gasteiger partial charge is 0.425 e. The van der Waals surface area contributed by atoms with Crippen molar-refractivity contribution in [3.63, 3.8) is 0 Å². The first-order valence-electron chi connectivity index (χ1n) is 10.1. The Balaban J connectivity index is 1.93. The molecular formula is C22H23F6NO3S. The molecule has 2 aromatic carbocycles. The molecule has 0 amide bonds. The van der Waals surface area contributed by atoms with E-state index in [2.05, 4.69) is 5.32 Å². The van der Waals surface area contributed by atoms with Crippen LogP contribution < -0.4 is 10.1 Å². The van der Waals surface area contributed by atoms with E-state index in [1.54, 1.807) is 0 Å². The third-order valence-electron chi connectivity index (χ3n) is 5.64. The van der Waals surface area contributed by atoms with Crippen molar-refractivity contribution >= 4 is 9.84 Å². The van der Waals surface area contributed by atoms with Gasteiger partial charge in [0.15, 0.2) is 15.9 Å². The van der Waals surface area contributed by atoms with Gasteiger partial charge in [0.25, 0.3) is 0 Å². The number of nitrogens with one attached hydrogen (secondary N) is 1. The van der Waals surface area contributed by atoms with Crippen molar-refractivity contribution in [2.75, 3.05) is 12.8 Å². The molecule has 0 spiro atoms. The molecule has 33 heavy (non-hydrogen) atoms. The van der Waals surface area contributed by atoms with Crippen LogP contribution in [0, 0.1) is 5.92 Å². The van der Waals surface area contributed by atoms with Crippen molar-refractivity contribution in [2.45, 2.75) is 49.2 Å². The molecule has 11 heteroatoms. The average Bonchev–Trinajstić information content (AvgIpc) is 3.14. The van der Waals surface area contributed by atoms with Crippen molar-refractivity contribution in [3.8, 4) is 5.75 Å². The number of hydrogen-bond donors (Lipinski definition) is 1. The van der Waals surface area contributed by atoms with Gasteiger partial charge in [-0.15, -0.1) is 0 Å². The number of hydrogen-bond acceptors (Lipinski definition) is 4. The van der Waals surface area contributed by atoms with Gasteiger partial charge in [0, 0.05) is 17.9 Å². The topological polar surface area (TPSA) is 55.4 Å². The Labute approximate surface area is 187 Å². The first-order valence-corrected chi connectivity index (χ1v) is 12.0. The van der Waals surface area contributed by atoms with Crippen LogP contribution in [0.2, 0.25) is 0 Å². The van der Waals surface area contributed by atoms with Gasteiger partial charge in [0.1, 0.15) is 5.75 Å². The molecule has 1 aliphatic heterocycles. The number of halogens is 6. The molecule has 182 valence electrons. The summed E-state index contributed by atoms with van der Waals surface area (Å²) in [5, 5.41) is 3.17. The lowest BCUT2D eigenvalue weighted by molar-refractivity contribution is -0.189. The Morgan fingerprint density at radius 3 is 2.24 bits per heavy atom. The molecule has 1 saturated heterocycles. The molecule has 1 aliphatic rings. The molecule has 2 aromatic rings. The zero-order valence-electron chi connectivity index (χ0n) is 17.8. The molecule has 1 N–H and O–H groups in total. The van der Waals surface area contributed by atoms with Gasteiger partial charge in [0.05, 0.1) is 10.5 Å². The van der Waals surface area contributed by atoms with Crippen LogP contribution in [0.3, 0.4) is 0 Å². The van der Waals surface area contributed by atoms with Crippen LogP contribution in [-0.2, 0) is 22.4 Å². The lowest BCUT2D eigenvalue weighted by Gasteiger charge is -2.26. The summed E-state index contributed by atoms with van der Waals surface area (Å²) in [7, 11) is -3.64. The highest BCUT2D eigenvalue weighted by Crippen LogP contribution is 2.40. The van der Waals surface area contributed by atoms with E-state index < -0.39 is 39.9 Å². The maximum Gasteiger partial charge on any atom is 0.425 e. The number of alkyl halides is 6. The van der Waals surface area contributed by atoms with E-state index in [0.29, 0.717) is 24.9 Å². The number of rotatable bonds is 6. The Hall–Kier alpha value is -2.27. The first kappa shape index (κ1) is 25.4. The average molecular weight is 495 g/mol. The van der Waals surface area contributed by atoms with Gasteiger partial charge < -0.3 is 10.1 Å². The predicted octanol–water partition coefficient (Wildman–Crippen LogP) is 5.33. The van der Waals surface area contributed by atoms with E-state index >= 15 is 0 Å². The molecular weight excluding hydrogens is 472 g/mol. The fraction of sp³-hybridized carbons (Fsp3) is 0.455. The van der Waals surface area contributed by atoms with Gasteiger partial charge >= 0.3 is 12.4 Å². The molecule has 0 radical (unpaired) electrons. The molecule has 4 nitrogen and oxygen atoms in total. The van der Waals surface area contributed by atoms with Crippen molar-refractivity contribution in [2.24, 2.45) is 5.92 Å². The second-order valence-corrected chi connectivity index (χ2v) is 10.2. The summed E-state index contributed by atoms with van der Waals surface area (Å²) in [4.78, 5) is -0.0634. The maximum atomic E-state index is 13.1. The van der Waals surface area contributed by atoms with E-state index in [1.165, 1.54) is 30.3 Å². The maximum absolute atomic E-state index is 13.1. The highest BCUT2D eigenvalue weighted by Gasteiger charge is 2.39. The lowest BCUT2D eigenvalue weighted by atomic mass is 9.88. The summed E-state index contributed by atoms with van der Waals surface area (Å²) in [5.41, 5.74) is 0.126. The standard InChI is InChI=1S/C22H23F6NO3S/c1-13(21(23,24)25)32-19-8-7-17(33(2,30)31)12-18(19)20-15(9-10-29-20)11-14-3-5-16(6-4-14)22(26,27)28/h3-8,12-13,15,20,29H,9-11H2,1-2H3/t13-,15?,20?/m0/s1. The fourth-order valence-electron chi connectivity index (χ4n) is 3.84. The number of ether oxygens (including phenoxy) is 1. The van der Waals surface area contributed by atoms with Gasteiger partial charge in [-0.25, -0.2) is 8.42 Å². The van der Waals surface area contributed by atoms with Crippen LogP contribution in [0.4, 0.5) is 26.3 Å². The summed E-state index contributed by atoms with van der Waals surface area (Å²) in [6.07, 6.45) is -9.24. The SMILES string of the molecule is C[C@H](Oc1ccc(S(C)(=O)=O)cc1C1NCCC1Cc1ccc(C(F)(F)F)cc1)C(F)(F)F. The van der Waals surface area contributed by atoms with Crippen LogP contribution in [0.5, 0.6) is 5.75 Å². The van der Waals surface area contributed by atoms with Crippen molar-refractivity contribution < 1.29 is 39.5 Å². The van der Waals surface area contributed by atoms with Crippen LogP contribution in [0.15, 0.2) is 47.4 Å². The zero-order valence-corrected chi connectivity index (χ0v) is 18.6. The minimum atomic E-state index is -4.62.